The fourth-order valence-corrected chi connectivity index (χ4v) is 3.90. The van der Waals surface area contributed by atoms with Crippen LogP contribution in [0.4, 0.5) is 5.69 Å². The van der Waals surface area contributed by atoms with Gasteiger partial charge in [0.1, 0.15) is 5.69 Å². The van der Waals surface area contributed by atoms with Crippen LogP contribution < -0.4 is 5.56 Å². The Morgan fingerprint density at radius 2 is 1.61 bits per heavy atom. The van der Waals surface area contributed by atoms with Gasteiger partial charge in [0, 0.05) is 17.7 Å². The van der Waals surface area contributed by atoms with E-state index in [1.165, 1.54) is 12.1 Å². The van der Waals surface area contributed by atoms with Gasteiger partial charge in [0.05, 0.1) is 22.5 Å². The van der Waals surface area contributed by atoms with Gasteiger partial charge in [0.25, 0.3) is 11.2 Å². The Morgan fingerprint density at radius 1 is 0.871 bits per heavy atom. The Labute approximate surface area is 177 Å². The van der Waals surface area contributed by atoms with Crippen LogP contribution in [0.1, 0.15) is 5.56 Å². The van der Waals surface area contributed by atoms with Gasteiger partial charge in [0.15, 0.2) is 0 Å². The van der Waals surface area contributed by atoms with Crippen LogP contribution in [0.25, 0.3) is 33.1 Å². The summed E-state index contributed by atoms with van der Waals surface area (Å²) >= 11 is 0. The minimum atomic E-state index is -0.473. The summed E-state index contributed by atoms with van der Waals surface area (Å²) < 4.78 is 1.69. The molecule has 0 atom stereocenters. The van der Waals surface area contributed by atoms with Crippen LogP contribution in [0.3, 0.4) is 0 Å². The lowest BCUT2D eigenvalue weighted by Gasteiger charge is -2.14. The van der Waals surface area contributed by atoms with Crippen LogP contribution in [-0.2, 0) is 6.54 Å². The lowest BCUT2D eigenvalue weighted by Crippen LogP contribution is -2.24. The van der Waals surface area contributed by atoms with Crippen molar-refractivity contribution in [3.05, 3.63) is 117 Å². The molecule has 5 aromatic rings. The molecule has 0 spiro atoms. The highest BCUT2D eigenvalue weighted by atomic mass is 16.6. The molecule has 5 rings (SSSR count). The van der Waals surface area contributed by atoms with E-state index in [1.807, 2.05) is 66.7 Å². The quantitative estimate of drug-likeness (QED) is 0.304. The van der Waals surface area contributed by atoms with Crippen molar-refractivity contribution < 1.29 is 4.92 Å². The van der Waals surface area contributed by atoms with Crippen molar-refractivity contribution in [3.8, 4) is 11.3 Å². The number of hydrogen-bond donors (Lipinski definition) is 0. The SMILES string of the molecule is O=c1c(-c2cccc([N+](=O)[O-])c2)nc2ccccc2n1Cc1cccc2ccccc12. The number of benzene rings is 4. The van der Waals surface area contributed by atoms with Crippen LogP contribution in [0, 0.1) is 10.1 Å². The molecule has 1 aromatic heterocycles. The zero-order valence-corrected chi connectivity index (χ0v) is 16.4. The highest BCUT2D eigenvalue weighted by Crippen LogP contribution is 2.24. The normalized spacial score (nSPS) is 11.1. The van der Waals surface area contributed by atoms with E-state index in [0.29, 0.717) is 17.6 Å². The fourth-order valence-electron chi connectivity index (χ4n) is 3.90. The predicted octanol–water partition coefficient (Wildman–Crippen LogP) is 5.17. The van der Waals surface area contributed by atoms with Gasteiger partial charge in [-0.25, -0.2) is 4.98 Å². The molecule has 31 heavy (non-hydrogen) atoms. The second-order valence-corrected chi connectivity index (χ2v) is 7.29. The topological polar surface area (TPSA) is 78.0 Å². The van der Waals surface area contributed by atoms with E-state index in [9.17, 15) is 14.9 Å². The fraction of sp³-hybridized carbons (Fsp3) is 0.0400. The Morgan fingerprint density at radius 3 is 2.48 bits per heavy atom. The molecule has 0 aliphatic rings. The molecule has 0 amide bonds. The zero-order chi connectivity index (χ0) is 21.4. The highest BCUT2D eigenvalue weighted by Gasteiger charge is 2.16. The molecule has 150 valence electrons. The molecule has 0 fully saturated rings. The number of rotatable bonds is 4. The summed E-state index contributed by atoms with van der Waals surface area (Å²) in [6.45, 7) is 0.366. The predicted molar refractivity (Wildman–Crippen MR) is 121 cm³/mol. The molecular weight excluding hydrogens is 390 g/mol. The number of non-ortho nitro benzene ring substituents is 1. The second kappa shape index (κ2) is 7.50. The van der Waals surface area contributed by atoms with Crippen molar-refractivity contribution in [2.45, 2.75) is 6.54 Å². The van der Waals surface area contributed by atoms with Crippen molar-refractivity contribution in [2.75, 3.05) is 0 Å². The summed E-state index contributed by atoms with van der Waals surface area (Å²) in [7, 11) is 0. The van der Waals surface area contributed by atoms with Crippen molar-refractivity contribution in [2.24, 2.45) is 0 Å². The number of nitrogens with zero attached hydrogens (tertiary/aromatic N) is 3. The van der Waals surface area contributed by atoms with Crippen molar-refractivity contribution >= 4 is 27.5 Å². The van der Waals surface area contributed by atoms with Crippen LogP contribution in [0.2, 0.25) is 0 Å². The average Bonchev–Trinajstić information content (AvgIpc) is 2.81. The number of nitro groups is 1. The Balaban J connectivity index is 1.75. The number of fused-ring (bicyclic) bond motifs is 2. The van der Waals surface area contributed by atoms with Gasteiger partial charge in [-0.2, -0.15) is 0 Å². The Kier molecular flexibility index (Phi) is 4.52. The first-order chi connectivity index (χ1) is 15.1. The van der Waals surface area contributed by atoms with Gasteiger partial charge < -0.3 is 4.57 Å². The molecule has 0 saturated heterocycles. The summed E-state index contributed by atoms with van der Waals surface area (Å²) in [5.74, 6) is 0. The number of para-hydroxylation sites is 2. The van der Waals surface area contributed by atoms with E-state index in [1.54, 1.807) is 16.7 Å². The molecule has 0 aliphatic carbocycles. The summed E-state index contributed by atoms with van der Waals surface area (Å²) in [5, 5.41) is 13.4. The van der Waals surface area contributed by atoms with Gasteiger partial charge in [-0.1, -0.05) is 66.7 Å². The molecule has 0 saturated carbocycles. The lowest BCUT2D eigenvalue weighted by atomic mass is 10.0. The first kappa shape index (κ1) is 18.7. The molecule has 4 aromatic carbocycles. The maximum Gasteiger partial charge on any atom is 0.277 e. The number of hydrogen-bond acceptors (Lipinski definition) is 4. The monoisotopic (exact) mass is 407 g/mol. The minimum absolute atomic E-state index is 0.0764. The van der Waals surface area contributed by atoms with E-state index in [0.717, 1.165) is 21.9 Å². The molecule has 0 aliphatic heterocycles. The third-order valence-electron chi connectivity index (χ3n) is 5.39. The van der Waals surface area contributed by atoms with Gasteiger partial charge in [-0.05, 0) is 28.5 Å². The largest absolute Gasteiger partial charge is 0.300 e. The molecule has 0 N–H and O–H groups in total. The molecule has 0 bridgehead atoms. The van der Waals surface area contributed by atoms with Crippen LogP contribution >= 0.6 is 0 Å². The van der Waals surface area contributed by atoms with E-state index < -0.39 is 4.92 Å². The van der Waals surface area contributed by atoms with Crippen molar-refractivity contribution in [1.29, 1.82) is 0 Å². The van der Waals surface area contributed by atoms with E-state index >= 15 is 0 Å². The molecule has 6 nitrogen and oxygen atoms in total. The highest BCUT2D eigenvalue weighted by molar-refractivity contribution is 5.86. The first-order valence-corrected chi connectivity index (χ1v) is 9.83. The summed E-state index contributed by atoms with van der Waals surface area (Å²) in [6.07, 6.45) is 0. The third-order valence-corrected chi connectivity index (χ3v) is 5.39. The minimum Gasteiger partial charge on any atom is -0.300 e. The number of nitro benzene ring substituents is 1. The third kappa shape index (κ3) is 3.34. The average molecular weight is 407 g/mol. The summed E-state index contributed by atoms with van der Waals surface area (Å²) in [6, 6.07) is 27.6. The van der Waals surface area contributed by atoms with Crippen LogP contribution in [0.5, 0.6) is 0 Å². The molecule has 1 heterocycles. The molecular formula is C25H17N3O3. The smallest absolute Gasteiger partial charge is 0.277 e. The van der Waals surface area contributed by atoms with Gasteiger partial charge in [-0.15, -0.1) is 0 Å². The molecule has 6 heteroatoms. The summed E-state index contributed by atoms with van der Waals surface area (Å²) in [5.41, 5.74) is 2.65. The second-order valence-electron chi connectivity index (χ2n) is 7.29. The summed E-state index contributed by atoms with van der Waals surface area (Å²) in [4.78, 5) is 28.8. The van der Waals surface area contributed by atoms with E-state index in [4.69, 9.17) is 0 Å². The van der Waals surface area contributed by atoms with Crippen molar-refractivity contribution in [3.63, 3.8) is 0 Å². The standard InChI is InChI=1S/C25H17N3O3/c29-25-24(18-9-6-11-20(15-18)28(30)31)26-22-13-3-4-14-23(22)27(25)16-19-10-5-8-17-7-1-2-12-21(17)19/h1-15H,16H2. The van der Waals surface area contributed by atoms with Crippen molar-refractivity contribution in [1.82, 2.24) is 9.55 Å². The lowest BCUT2D eigenvalue weighted by molar-refractivity contribution is -0.384. The number of aromatic nitrogens is 2. The molecule has 0 unspecified atom stereocenters. The molecule has 0 radical (unpaired) electrons. The van der Waals surface area contributed by atoms with Gasteiger partial charge in [0.2, 0.25) is 0 Å². The van der Waals surface area contributed by atoms with Gasteiger partial charge >= 0.3 is 0 Å². The van der Waals surface area contributed by atoms with Gasteiger partial charge in [-0.3, -0.25) is 14.9 Å². The van der Waals surface area contributed by atoms with Crippen LogP contribution in [0.15, 0.2) is 95.8 Å². The maximum absolute atomic E-state index is 13.5. The zero-order valence-electron chi connectivity index (χ0n) is 16.4. The maximum atomic E-state index is 13.5. The van der Waals surface area contributed by atoms with Crippen LogP contribution in [-0.4, -0.2) is 14.5 Å². The Bertz CT molecular complexity index is 1520. The first-order valence-electron chi connectivity index (χ1n) is 9.83. The Hall–Kier alpha value is -4.32. The van der Waals surface area contributed by atoms with E-state index in [-0.39, 0.29) is 16.9 Å². The van der Waals surface area contributed by atoms with E-state index in [2.05, 4.69) is 4.98 Å².